The van der Waals surface area contributed by atoms with E-state index in [9.17, 15) is 4.79 Å². The number of benzene rings is 1. The number of anilines is 1. The molecule has 1 aliphatic heterocycles. The Morgan fingerprint density at radius 1 is 1.45 bits per heavy atom. The van der Waals surface area contributed by atoms with Crippen LogP contribution in [0.1, 0.15) is 44.0 Å². The van der Waals surface area contributed by atoms with Crippen molar-refractivity contribution in [2.75, 3.05) is 18.8 Å². The maximum absolute atomic E-state index is 12.7. The van der Waals surface area contributed by atoms with Gasteiger partial charge in [0.2, 0.25) is 0 Å². The Balaban J connectivity index is 2.25. The molecule has 4 heteroatoms. The number of ether oxygens (including phenoxy) is 1. The van der Waals surface area contributed by atoms with Gasteiger partial charge in [0.05, 0.1) is 11.7 Å². The van der Waals surface area contributed by atoms with Crippen LogP contribution in [0.4, 0.5) is 5.69 Å². The molecule has 1 aromatic carbocycles. The van der Waals surface area contributed by atoms with Crippen molar-refractivity contribution in [1.29, 1.82) is 0 Å². The third kappa shape index (κ3) is 3.44. The minimum atomic E-state index is 0.0273. The molecule has 1 heterocycles. The van der Waals surface area contributed by atoms with Gasteiger partial charge in [-0.05, 0) is 50.8 Å². The van der Waals surface area contributed by atoms with E-state index in [4.69, 9.17) is 10.5 Å². The first-order chi connectivity index (χ1) is 9.47. The van der Waals surface area contributed by atoms with Gasteiger partial charge in [-0.25, -0.2) is 0 Å². The predicted octanol–water partition coefficient (Wildman–Crippen LogP) is 2.93. The van der Waals surface area contributed by atoms with E-state index >= 15 is 0 Å². The third-order valence-corrected chi connectivity index (χ3v) is 3.54. The summed E-state index contributed by atoms with van der Waals surface area (Å²) >= 11 is 0. The summed E-state index contributed by atoms with van der Waals surface area (Å²) in [7, 11) is 0. The molecule has 1 aromatic rings. The molecule has 1 amide bonds. The van der Waals surface area contributed by atoms with Gasteiger partial charge in [-0.3, -0.25) is 4.79 Å². The van der Waals surface area contributed by atoms with E-state index < -0.39 is 0 Å². The predicted molar refractivity (Wildman–Crippen MR) is 80.9 cm³/mol. The van der Waals surface area contributed by atoms with Gasteiger partial charge in [0.25, 0.3) is 5.91 Å². The molecule has 0 bridgehead atoms. The van der Waals surface area contributed by atoms with Crippen LogP contribution in [0, 0.1) is 5.92 Å². The molecule has 110 valence electrons. The number of amides is 1. The van der Waals surface area contributed by atoms with Crippen molar-refractivity contribution in [2.24, 2.45) is 5.92 Å². The SMILES string of the molecule is CC1CCCN(C(=O)c2cc(N)ccc2OC(C)C)C1. The average Bonchev–Trinajstić information content (AvgIpc) is 2.39. The van der Waals surface area contributed by atoms with E-state index in [1.54, 1.807) is 18.2 Å². The van der Waals surface area contributed by atoms with Crippen molar-refractivity contribution in [1.82, 2.24) is 4.90 Å². The lowest BCUT2D eigenvalue weighted by molar-refractivity contribution is 0.0677. The molecule has 0 saturated carbocycles. The van der Waals surface area contributed by atoms with E-state index in [0.717, 1.165) is 19.5 Å². The second kappa shape index (κ2) is 6.16. The van der Waals surface area contributed by atoms with Crippen LogP contribution in [-0.2, 0) is 0 Å². The number of nitrogen functional groups attached to an aromatic ring is 1. The number of piperidine rings is 1. The number of nitrogens with two attached hydrogens (primary N) is 1. The molecule has 0 radical (unpaired) electrons. The van der Waals surface area contributed by atoms with E-state index in [1.165, 1.54) is 6.42 Å². The number of carbonyl (C=O) groups is 1. The Morgan fingerprint density at radius 2 is 2.20 bits per heavy atom. The summed E-state index contributed by atoms with van der Waals surface area (Å²) in [4.78, 5) is 14.6. The first-order valence-electron chi connectivity index (χ1n) is 7.33. The van der Waals surface area contributed by atoms with Crippen LogP contribution in [0.15, 0.2) is 18.2 Å². The maximum Gasteiger partial charge on any atom is 0.257 e. The molecular formula is C16H24N2O2. The number of nitrogens with zero attached hydrogens (tertiary/aromatic N) is 1. The Labute approximate surface area is 120 Å². The zero-order valence-electron chi connectivity index (χ0n) is 12.6. The van der Waals surface area contributed by atoms with E-state index in [-0.39, 0.29) is 12.0 Å². The first-order valence-corrected chi connectivity index (χ1v) is 7.33. The summed E-state index contributed by atoms with van der Waals surface area (Å²) in [6, 6.07) is 5.28. The lowest BCUT2D eigenvalue weighted by Crippen LogP contribution is -2.39. The van der Waals surface area contributed by atoms with Crippen molar-refractivity contribution in [3.05, 3.63) is 23.8 Å². The molecule has 2 N–H and O–H groups in total. The van der Waals surface area contributed by atoms with Crippen LogP contribution in [0.25, 0.3) is 0 Å². The highest BCUT2D eigenvalue weighted by Gasteiger charge is 2.24. The van der Waals surface area contributed by atoms with Gasteiger partial charge in [0.1, 0.15) is 5.75 Å². The second-order valence-electron chi connectivity index (χ2n) is 5.92. The summed E-state index contributed by atoms with van der Waals surface area (Å²) in [5.41, 5.74) is 7.00. The van der Waals surface area contributed by atoms with Crippen molar-refractivity contribution < 1.29 is 9.53 Å². The Kier molecular flexibility index (Phi) is 4.53. The Bertz CT molecular complexity index is 485. The highest BCUT2D eigenvalue weighted by molar-refractivity contribution is 5.98. The van der Waals surface area contributed by atoms with Crippen LogP contribution >= 0.6 is 0 Å². The summed E-state index contributed by atoms with van der Waals surface area (Å²) in [6.45, 7) is 7.72. The molecule has 20 heavy (non-hydrogen) atoms. The molecule has 4 nitrogen and oxygen atoms in total. The van der Waals surface area contributed by atoms with Gasteiger partial charge in [-0.15, -0.1) is 0 Å². The smallest absolute Gasteiger partial charge is 0.257 e. The fourth-order valence-electron chi connectivity index (χ4n) is 2.62. The number of carbonyl (C=O) groups excluding carboxylic acids is 1. The third-order valence-electron chi connectivity index (χ3n) is 3.54. The first kappa shape index (κ1) is 14.7. The highest BCUT2D eigenvalue weighted by Crippen LogP contribution is 2.26. The van der Waals surface area contributed by atoms with Crippen molar-refractivity contribution in [3.63, 3.8) is 0 Å². The van der Waals surface area contributed by atoms with Gasteiger partial charge < -0.3 is 15.4 Å². The largest absolute Gasteiger partial charge is 0.490 e. The second-order valence-corrected chi connectivity index (χ2v) is 5.92. The topological polar surface area (TPSA) is 55.6 Å². The normalized spacial score (nSPS) is 19.2. The molecule has 1 aliphatic rings. The van der Waals surface area contributed by atoms with Gasteiger partial charge in [-0.2, -0.15) is 0 Å². The van der Waals surface area contributed by atoms with E-state index in [0.29, 0.717) is 22.9 Å². The number of hydrogen-bond donors (Lipinski definition) is 1. The molecule has 0 aromatic heterocycles. The van der Waals surface area contributed by atoms with Crippen LogP contribution in [0.5, 0.6) is 5.75 Å². The van der Waals surface area contributed by atoms with Gasteiger partial charge in [-0.1, -0.05) is 6.92 Å². The van der Waals surface area contributed by atoms with Gasteiger partial charge in [0.15, 0.2) is 0 Å². The highest BCUT2D eigenvalue weighted by atomic mass is 16.5. The molecule has 0 aliphatic carbocycles. The zero-order chi connectivity index (χ0) is 14.7. The van der Waals surface area contributed by atoms with Gasteiger partial charge in [0, 0.05) is 18.8 Å². The minimum Gasteiger partial charge on any atom is -0.490 e. The van der Waals surface area contributed by atoms with E-state index in [1.807, 2.05) is 18.7 Å². The van der Waals surface area contributed by atoms with Crippen molar-refractivity contribution >= 4 is 11.6 Å². The van der Waals surface area contributed by atoms with Crippen LogP contribution in [-0.4, -0.2) is 30.0 Å². The summed E-state index contributed by atoms with van der Waals surface area (Å²) in [6.07, 6.45) is 2.29. The quantitative estimate of drug-likeness (QED) is 0.864. The number of rotatable bonds is 3. The monoisotopic (exact) mass is 276 g/mol. The summed E-state index contributed by atoms with van der Waals surface area (Å²) < 4.78 is 5.74. The molecule has 2 rings (SSSR count). The van der Waals surface area contributed by atoms with Crippen LogP contribution in [0.2, 0.25) is 0 Å². The zero-order valence-corrected chi connectivity index (χ0v) is 12.6. The number of likely N-dealkylation sites (tertiary alicyclic amines) is 1. The average molecular weight is 276 g/mol. The fraction of sp³-hybridized carbons (Fsp3) is 0.562. The maximum atomic E-state index is 12.7. The molecule has 1 unspecified atom stereocenters. The van der Waals surface area contributed by atoms with Crippen molar-refractivity contribution in [2.45, 2.75) is 39.7 Å². The lowest BCUT2D eigenvalue weighted by Gasteiger charge is -2.31. The molecular weight excluding hydrogens is 252 g/mol. The van der Waals surface area contributed by atoms with E-state index in [2.05, 4.69) is 6.92 Å². The number of hydrogen-bond acceptors (Lipinski definition) is 3. The van der Waals surface area contributed by atoms with Crippen LogP contribution < -0.4 is 10.5 Å². The summed E-state index contributed by atoms with van der Waals surface area (Å²) in [5, 5.41) is 0. The summed E-state index contributed by atoms with van der Waals surface area (Å²) in [5.74, 6) is 1.21. The molecule has 0 spiro atoms. The van der Waals surface area contributed by atoms with Crippen LogP contribution in [0.3, 0.4) is 0 Å². The molecule has 1 saturated heterocycles. The molecule has 1 fully saturated rings. The van der Waals surface area contributed by atoms with Crippen molar-refractivity contribution in [3.8, 4) is 5.75 Å². The Hall–Kier alpha value is -1.71. The standard InChI is InChI=1S/C16H24N2O2/c1-11(2)20-15-7-6-13(17)9-14(15)16(19)18-8-4-5-12(3)10-18/h6-7,9,11-12H,4-5,8,10,17H2,1-3H3. The lowest BCUT2D eigenvalue weighted by atomic mass is 9.99. The fourth-order valence-corrected chi connectivity index (χ4v) is 2.62. The van der Waals surface area contributed by atoms with Gasteiger partial charge >= 0.3 is 0 Å². The minimum absolute atomic E-state index is 0.0273. The Morgan fingerprint density at radius 3 is 2.85 bits per heavy atom. The molecule has 1 atom stereocenters.